The number of aliphatic hydroxyl groups is 1. The molecule has 2 aromatic rings. The number of Topliss-reactive ketones (excluding diaryl/α,β-unsaturated/α-hetero) is 1. The van der Waals surface area contributed by atoms with Gasteiger partial charge in [0, 0.05) is 31.0 Å². The summed E-state index contributed by atoms with van der Waals surface area (Å²) in [4.78, 5) is 34.0. The van der Waals surface area contributed by atoms with Crippen LogP contribution in [0.1, 0.15) is 50.4 Å². The van der Waals surface area contributed by atoms with Gasteiger partial charge in [0.1, 0.15) is 11.5 Å². The molecule has 1 aromatic heterocycles. The van der Waals surface area contributed by atoms with E-state index in [0.29, 0.717) is 24.4 Å². The fourth-order valence-corrected chi connectivity index (χ4v) is 4.13. The molecule has 0 aliphatic carbocycles. The number of aromatic nitrogens is 1. The number of ketones is 1. The van der Waals surface area contributed by atoms with E-state index in [9.17, 15) is 14.7 Å². The number of nitrogens with zero attached hydrogens (tertiary/aromatic N) is 3. The highest BCUT2D eigenvalue weighted by atomic mass is 16.5. The molecule has 0 spiro atoms. The van der Waals surface area contributed by atoms with E-state index in [0.717, 1.165) is 24.2 Å². The summed E-state index contributed by atoms with van der Waals surface area (Å²) >= 11 is 0. The Morgan fingerprint density at radius 3 is 2.39 bits per heavy atom. The number of amides is 1. The lowest BCUT2D eigenvalue weighted by Crippen LogP contribution is -2.38. The number of aliphatic hydroxyl groups excluding tert-OH is 1. The maximum absolute atomic E-state index is 13.1. The molecular weight excluding hydrogens is 418 g/mol. The van der Waals surface area contributed by atoms with Crippen molar-refractivity contribution in [1.29, 1.82) is 0 Å². The van der Waals surface area contributed by atoms with Crippen LogP contribution in [0.4, 0.5) is 0 Å². The third-order valence-electron chi connectivity index (χ3n) is 5.92. The Morgan fingerprint density at radius 1 is 1.15 bits per heavy atom. The molecule has 7 heteroatoms. The van der Waals surface area contributed by atoms with Gasteiger partial charge in [-0.1, -0.05) is 13.8 Å². The first kappa shape index (κ1) is 24.5. The lowest BCUT2D eigenvalue weighted by molar-refractivity contribution is -0.140. The lowest BCUT2D eigenvalue weighted by Gasteiger charge is -2.28. The third kappa shape index (κ3) is 5.25. The molecule has 2 heterocycles. The quantitative estimate of drug-likeness (QED) is 0.353. The molecule has 1 N–H and O–H groups in total. The summed E-state index contributed by atoms with van der Waals surface area (Å²) in [7, 11) is 0. The summed E-state index contributed by atoms with van der Waals surface area (Å²) in [6.45, 7) is 12.6. The maximum Gasteiger partial charge on any atom is 0.295 e. The van der Waals surface area contributed by atoms with E-state index in [1.54, 1.807) is 47.6 Å². The summed E-state index contributed by atoms with van der Waals surface area (Å²) in [5.74, 6) is -0.734. The molecular formula is C26H33N3O4. The summed E-state index contributed by atoms with van der Waals surface area (Å²) in [5.41, 5.74) is 2.15. The van der Waals surface area contributed by atoms with Gasteiger partial charge in [-0.2, -0.15) is 0 Å². The van der Waals surface area contributed by atoms with Crippen molar-refractivity contribution in [2.45, 2.75) is 46.8 Å². The van der Waals surface area contributed by atoms with Crippen molar-refractivity contribution in [2.75, 3.05) is 26.2 Å². The second-order valence-electron chi connectivity index (χ2n) is 8.45. The van der Waals surface area contributed by atoms with Gasteiger partial charge < -0.3 is 19.6 Å². The number of carbonyl (C=O) groups excluding carboxylic acids is 2. The first-order valence-corrected chi connectivity index (χ1v) is 11.5. The Balaban J connectivity index is 2.06. The summed E-state index contributed by atoms with van der Waals surface area (Å²) in [5, 5.41) is 11.2. The molecule has 7 nitrogen and oxygen atoms in total. The van der Waals surface area contributed by atoms with Gasteiger partial charge in [0.15, 0.2) is 0 Å². The molecule has 0 bridgehead atoms. The predicted octanol–water partition coefficient (Wildman–Crippen LogP) is 3.94. The standard InChI is InChI=1S/C26H33N3O4/c1-6-28(7-2)14-15-29-23(19-10-12-27-13-11-19)22(25(31)26(29)32)24(30)20-8-9-21(18(5)16-20)33-17(3)4/h8-13,16-17,23,30H,6-7,14-15H2,1-5H3/b24-22-. The first-order chi connectivity index (χ1) is 15.8. The van der Waals surface area contributed by atoms with E-state index in [4.69, 9.17) is 4.74 Å². The maximum atomic E-state index is 13.1. The summed E-state index contributed by atoms with van der Waals surface area (Å²) in [6.07, 6.45) is 3.27. The molecule has 176 valence electrons. The second kappa shape index (κ2) is 10.6. The number of aryl methyl sites for hydroxylation is 1. The molecule has 1 fully saturated rings. The van der Waals surface area contributed by atoms with Crippen LogP contribution in [0.5, 0.6) is 5.75 Å². The van der Waals surface area contributed by atoms with Crippen molar-refractivity contribution in [2.24, 2.45) is 0 Å². The number of pyridine rings is 1. The molecule has 1 unspecified atom stereocenters. The van der Waals surface area contributed by atoms with Crippen LogP contribution in [0, 0.1) is 6.92 Å². The van der Waals surface area contributed by atoms with E-state index in [1.165, 1.54) is 0 Å². The van der Waals surface area contributed by atoms with Gasteiger partial charge >= 0.3 is 0 Å². The molecule has 1 saturated heterocycles. The SMILES string of the molecule is CCN(CC)CCN1C(=O)C(=O)/C(=C(\O)c2ccc(OC(C)C)c(C)c2)C1c1ccncc1. The minimum atomic E-state index is -0.672. The molecule has 1 atom stereocenters. The van der Waals surface area contributed by atoms with Crippen LogP contribution in [0.25, 0.3) is 5.76 Å². The van der Waals surface area contributed by atoms with Crippen LogP contribution >= 0.6 is 0 Å². The Morgan fingerprint density at radius 2 is 1.82 bits per heavy atom. The van der Waals surface area contributed by atoms with Crippen molar-refractivity contribution in [1.82, 2.24) is 14.8 Å². The van der Waals surface area contributed by atoms with E-state index in [2.05, 4.69) is 23.7 Å². The average molecular weight is 452 g/mol. The van der Waals surface area contributed by atoms with Crippen molar-refractivity contribution in [3.05, 3.63) is 65.0 Å². The van der Waals surface area contributed by atoms with E-state index >= 15 is 0 Å². The normalized spacial score (nSPS) is 17.9. The molecule has 0 radical (unpaired) electrons. The average Bonchev–Trinajstić information content (AvgIpc) is 3.06. The number of carbonyl (C=O) groups is 2. The highest BCUT2D eigenvalue weighted by Gasteiger charge is 2.46. The van der Waals surface area contributed by atoms with Gasteiger partial charge in [-0.05, 0) is 75.3 Å². The van der Waals surface area contributed by atoms with Crippen molar-refractivity contribution in [3.8, 4) is 5.75 Å². The van der Waals surface area contributed by atoms with Gasteiger partial charge in [0.2, 0.25) is 0 Å². The number of likely N-dealkylation sites (N-methyl/N-ethyl adjacent to an activating group) is 1. The summed E-state index contributed by atoms with van der Waals surface area (Å²) in [6, 6.07) is 8.16. The molecule has 0 saturated carbocycles. The minimum Gasteiger partial charge on any atom is -0.507 e. The van der Waals surface area contributed by atoms with E-state index < -0.39 is 17.7 Å². The number of ether oxygens (including phenoxy) is 1. The van der Waals surface area contributed by atoms with Gasteiger partial charge in [-0.3, -0.25) is 14.6 Å². The Bertz CT molecular complexity index is 1030. The van der Waals surface area contributed by atoms with E-state index in [1.807, 2.05) is 20.8 Å². The fraction of sp³-hybridized carbons (Fsp3) is 0.423. The molecule has 33 heavy (non-hydrogen) atoms. The monoisotopic (exact) mass is 451 g/mol. The van der Waals surface area contributed by atoms with Crippen molar-refractivity contribution < 1.29 is 19.4 Å². The van der Waals surface area contributed by atoms with Crippen molar-refractivity contribution in [3.63, 3.8) is 0 Å². The molecule has 1 aliphatic rings. The van der Waals surface area contributed by atoms with Crippen molar-refractivity contribution >= 4 is 17.4 Å². The van der Waals surface area contributed by atoms with Crippen LogP contribution < -0.4 is 4.74 Å². The molecule has 1 aromatic carbocycles. The zero-order valence-electron chi connectivity index (χ0n) is 20.0. The minimum absolute atomic E-state index is 0.0194. The van der Waals surface area contributed by atoms with Gasteiger partial charge in [0.25, 0.3) is 11.7 Å². The Hall–Kier alpha value is -3.19. The zero-order valence-corrected chi connectivity index (χ0v) is 20.0. The smallest absolute Gasteiger partial charge is 0.295 e. The van der Waals surface area contributed by atoms with E-state index in [-0.39, 0.29) is 17.4 Å². The number of hydrogen-bond acceptors (Lipinski definition) is 6. The van der Waals surface area contributed by atoms with Gasteiger partial charge in [-0.15, -0.1) is 0 Å². The second-order valence-corrected chi connectivity index (χ2v) is 8.45. The number of hydrogen-bond donors (Lipinski definition) is 1. The van der Waals surface area contributed by atoms with Crippen LogP contribution in [-0.4, -0.2) is 63.9 Å². The number of likely N-dealkylation sites (tertiary alicyclic amines) is 1. The van der Waals surface area contributed by atoms with Crippen LogP contribution in [0.15, 0.2) is 48.3 Å². The number of rotatable bonds is 9. The highest BCUT2D eigenvalue weighted by Crippen LogP contribution is 2.39. The van der Waals surface area contributed by atoms with Crippen LogP contribution in [0.3, 0.4) is 0 Å². The predicted molar refractivity (Wildman–Crippen MR) is 128 cm³/mol. The Labute approximate surface area is 195 Å². The molecule has 1 amide bonds. The fourth-order valence-electron chi connectivity index (χ4n) is 4.13. The first-order valence-electron chi connectivity index (χ1n) is 11.5. The Kier molecular flexibility index (Phi) is 7.87. The van der Waals surface area contributed by atoms with Crippen LogP contribution in [0.2, 0.25) is 0 Å². The summed E-state index contributed by atoms with van der Waals surface area (Å²) < 4.78 is 5.79. The number of benzene rings is 1. The lowest BCUT2D eigenvalue weighted by atomic mass is 9.95. The van der Waals surface area contributed by atoms with Gasteiger partial charge in [-0.25, -0.2) is 0 Å². The molecule has 1 aliphatic heterocycles. The zero-order chi connectivity index (χ0) is 24.1. The van der Waals surface area contributed by atoms with Gasteiger partial charge in [0.05, 0.1) is 17.7 Å². The topological polar surface area (TPSA) is 83.0 Å². The third-order valence-corrected chi connectivity index (χ3v) is 5.92. The largest absolute Gasteiger partial charge is 0.507 e. The molecule has 3 rings (SSSR count). The highest BCUT2D eigenvalue weighted by molar-refractivity contribution is 6.46. The van der Waals surface area contributed by atoms with Crippen LogP contribution in [-0.2, 0) is 9.59 Å².